The maximum absolute atomic E-state index is 12.8. The van der Waals surface area contributed by atoms with Crippen molar-refractivity contribution in [3.05, 3.63) is 23.8 Å². The Kier molecular flexibility index (Phi) is 5.66. The van der Waals surface area contributed by atoms with Gasteiger partial charge in [0.15, 0.2) is 18.1 Å². The molecular weight excluding hydrogens is 334 g/mol. The molecule has 0 radical (unpaired) electrons. The van der Waals surface area contributed by atoms with Gasteiger partial charge in [0.2, 0.25) is 0 Å². The van der Waals surface area contributed by atoms with Crippen molar-refractivity contribution in [1.29, 1.82) is 0 Å². The standard InChI is InChI=1S/C19H27N3O4/c1-12(2)21-18(23)11-26-16-5-4-13(6-17(16)25-3)19(24)22-9-14-7-20-8-15(14)10-22/h4-6,12,14-15,20H,7-11H2,1-3H3,(H,21,23)/t14-,15+. The van der Waals surface area contributed by atoms with E-state index >= 15 is 0 Å². The Balaban J connectivity index is 1.64. The number of likely N-dealkylation sites (tertiary alicyclic amines) is 1. The summed E-state index contributed by atoms with van der Waals surface area (Å²) in [6.07, 6.45) is 0. The highest BCUT2D eigenvalue weighted by atomic mass is 16.5. The van der Waals surface area contributed by atoms with Crippen molar-refractivity contribution in [3.63, 3.8) is 0 Å². The molecule has 142 valence electrons. The molecule has 0 spiro atoms. The predicted octanol–water partition coefficient (Wildman–Crippen LogP) is 0.890. The number of nitrogens with one attached hydrogen (secondary N) is 2. The summed E-state index contributed by atoms with van der Waals surface area (Å²) in [5.41, 5.74) is 0.578. The van der Waals surface area contributed by atoms with E-state index in [1.54, 1.807) is 18.2 Å². The zero-order valence-corrected chi connectivity index (χ0v) is 15.6. The van der Waals surface area contributed by atoms with Gasteiger partial charge >= 0.3 is 0 Å². The Morgan fingerprint density at radius 3 is 2.54 bits per heavy atom. The van der Waals surface area contributed by atoms with Gasteiger partial charge in [-0.2, -0.15) is 0 Å². The number of hydrogen-bond acceptors (Lipinski definition) is 5. The van der Waals surface area contributed by atoms with Crippen LogP contribution < -0.4 is 20.1 Å². The summed E-state index contributed by atoms with van der Waals surface area (Å²) in [4.78, 5) is 26.4. The number of amides is 2. The highest BCUT2D eigenvalue weighted by Gasteiger charge is 2.38. The second-order valence-corrected chi connectivity index (χ2v) is 7.27. The minimum Gasteiger partial charge on any atom is -0.493 e. The molecule has 2 heterocycles. The van der Waals surface area contributed by atoms with Crippen LogP contribution in [0.3, 0.4) is 0 Å². The lowest BCUT2D eigenvalue weighted by molar-refractivity contribution is -0.123. The van der Waals surface area contributed by atoms with Gasteiger partial charge in [0, 0.05) is 37.8 Å². The van der Waals surface area contributed by atoms with Gasteiger partial charge in [-0.05, 0) is 43.9 Å². The molecule has 26 heavy (non-hydrogen) atoms. The fourth-order valence-corrected chi connectivity index (χ4v) is 3.63. The van der Waals surface area contributed by atoms with E-state index in [-0.39, 0.29) is 24.5 Å². The summed E-state index contributed by atoms with van der Waals surface area (Å²) in [6.45, 7) is 7.26. The van der Waals surface area contributed by atoms with Gasteiger partial charge in [-0.15, -0.1) is 0 Å². The van der Waals surface area contributed by atoms with E-state index in [4.69, 9.17) is 9.47 Å². The Morgan fingerprint density at radius 2 is 1.92 bits per heavy atom. The molecule has 7 heteroatoms. The third kappa shape index (κ3) is 4.09. The zero-order valence-electron chi connectivity index (χ0n) is 15.6. The molecule has 0 aliphatic carbocycles. The van der Waals surface area contributed by atoms with Gasteiger partial charge in [-0.3, -0.25) is 9.59 Å². The van der Waals surface area contributed by atoms with Crippen LogP contribution in [0.25, 0.3) is 0 Å². The van der Waals surface area contributed by atoms with Crippen molar-refractivity contribution in [2.45, 2.75) is 19.9 Å². The first-order valence-electron chi connectivity index (χ1n) is 9.08. The first kappa shape index (κ1) is 18.5. The van der Waals surface area contributed by atoms with Crippen LogP contribution in [0.1, 0.15) is 24.2 Å². The van der Waals surface area contributed by atoms with Crippen molar-refractivity contribution >= 4 is 11.8 Å². The third-order valence-corrected chi connectivity index (χ3v) is 4.90. The minimum absolute atomic E-state index is 0.0156. The number of rotatable bonds is 6. The van der Waals surface area contributed by atoms with Crippen molar-refractivity contribution < 1.29 is 19.1 Å². The zero-order chi connectivity index (χ0) is 18.7. The van der Waals surface area contributed by atoms with Gasteiger partial charge in [0.25, 0.3) is 11.8 Å². The van der Waals surface area contributed by atoms with Gasteiger partial charge in [-0.1, -0.05) is 0 Å². The number of methoxy groups -OCH3 is 1. The van der Waals surface area contributed by atoms with Crippen molar-refractivity contribution in [1.82, 2.24) is 15.5 Å². The van der Waals surface area contributed by atoms with Crippen LogP contribution in [-0.2, 0) is 4.79 Å². The van der Waals surface area contributed by atoms with Crippen molar-refractivity contribution in [2.75, 3.05) is 39.9 Å². The molecule has 0 saturated carbocycles. The SMILES string of the molecule is COc1cc(C(=O)N2C[C@H]3CNC[C@H]3C2)ccc1OCC(=O)NC(C)C. The smallest absolute Gasteiger partial charge is 0.258 e. The molecule has 0 bridgehead atoms. The van der Waals surface area contributed by atoms with Crippen LogP contribution in [-0.4, -0.2) is 62.7 Å². The van der Waals surface area contributed by atoms with Crippen molar-refractivity contribution in [2.24, 2.45) is 11.8 Å². The maximum atomic E-state index is 12.8. The van der Waals surface area contributed by atoms with Crippen LogP contribution >= 0.6 is 0 Å². The molecule has 7 nitrogen and oxygen atoms in total. The molecule has 0 unspecified atom stereocenters. The average molecular weight is 361 g/mol. The average Bonchev–Trinajstić information content (AvgIpc) is 3.20. The summed E-state index contributed by atoms with van der Waals surface area (Å²) in [6, 6.07) is 5.16. The second-order valence-electron chi connectivity index (χ2n) is 7.27. The summed E-state index contributed by atoms with van der Waals surface area (Å²) >= 11 is 0. The lowest BCUT2D eigenvalue weighted by atomic mass is 10.0. The van der Waals surface area contributed by atoms with Gasteiger partial charge in [0.1, 0.15) is 0 Å². The van der Waals surface area contributed by atoms with Crippen LogP contribution in [0.4, 0.5) is 0 Å². The van der Waals surface area contributed by atoms with E-state index in [9.17, 15) is 9.59 Å². The van der Waals surface area contributed by atoms with E-state index in [2.05, 4.69) is 10.6 Å². The molecule has 2 fully saturated rings. The third-order valence-electron chi connectivity index (χ3n) is 4.90. The molecule has 2 amide bonds. The number of nitrogens with zero attached hydrogens (tertiary/aromatic N) is 1. The minimum atomic E-state index is -0.195. The van der Waals surface area contributed by atoms with E-state index in [1.807, 2.05) is 18.7 Å². The molecule has 2 N–H and O–H groups in total. The molecule has 0 aromatic heterocycles. The number of fused-ring (bicyclic) bond motifs is 1. The number of ether oxygens (including phenoxy) is 2. The van der Waals surface area contributed by atoms with E-state index < -0.39 is 0 Å². The molecule has 1 aromatic rings. The number of hydrogen-bond donors (Lipinski definition) is 2. The molecule has 2 atom stereocenters. The Hall–Kier alpha value is -2.28. The Morgan fingerprint density at radius 1 is 1.23 bits per heavy atom. The molecule has 1 aromatic carbocycles. The van der Waals surface area contributed by atoms with Crippen LogP contribution in [0.2, 0.25) is 0 Å². The topological polar surface area (TPSA) is 79.9 Å². The monoisotopic (exact) mass is 361 g/mol. The molecule has 2 saturated heterocycles. The first-order valence-corrected chi connectivity index (χ1v) is 9.08. The van der Waals surface area contributed by atoms with E-state index in [1.165, 1.54) is 7.11 Å². The highest BCUT2D eigenvalue weighted by Crippen LogP contribution is 2.31. The molecule has 3 rings (SSSR count). The predicted molar refractivity (Wildman–Crippen MR) is 97.5 cm³/mol. The molecule has 2 aliphatic rings. The summed E-state index contributed by atoms with van der Waals surface area (Å²) < 4.78 is 10.9. The van der Waals surface area contributed by atoms with Crippen LogP contribution in [0.15, 0.2) is 18.2 Å². The van der Waals surface area contributed by atoms with Crippen molar-refractivity contribution in [3.8, 4) is 11.5 Å². The van der Waals surface area contributed by atoms with Crippen LogP contribution in [0, 0.1) is 11.8 Å². The van der Waals surface area contributed by atoms with Gasteiger partial charge in [0.05, 0.1) is 7.11 Å². The van der Waals surface area contributed by atoms with Crippen LogP contribution in [0.5, 0.6) is 11.5 Å². The summed E-state index contributed by atoms with van der Waals surface area (Å²) in [5, 5.41) is 6.14. The lowest BCUT2D eigenvalue weighted by Crippen LogP contribution is -2.34. The van der Waals surface area contributed by atoms with E-state index in [0.29, 0.717) is 28.9 Å². The van der Waals surface area contributed by atoms with E-state index in [0.717, 1.165) is 26.2 Å². The largest absolute Gasteiger partial charge is 0.493 e. The number of benzene rings is 1. The van der Waals surface area contributed by atoms with Gasteiger partial charge < -0.3 is 25.0 Å². The number of carbonyl (C=O) groups is 2. The quantitative estimate of drug-likeness (QED) is 0.787. The summed E-state index contributed by atoms with van der Waals surface area (Å²) in [7, 11) is 1.52. The lowest BCUT2D eigenvalue weighted by Gasteiger charge is -2.19. The first-order chi connectivity index (χ1) is 12.5. The molecule has 2 aliphatic heterocycles. The van der Waals surface area contributed by atoms with Gasteiger partial charge in [-0.25, -0.2) is 0 Å². The summed E-state index contributed by atoms with van der Waals surface area (Å²) in [5.74, 6) is 1.84. The number of carbonyl (C=O) groups excluding carboxylic acids is 2. The fourth-order valence-electron chi connectivity index (χ4n) is 3.63. The highest BCUT2D eigenvalue weighted by molar-refractivity contribution is 5.95. The Labute approximate surface area is 154 Å². The maximum Gasteiger partial charge on any atom is 0.258 e. The fraction of sp³-hybridized carbons (Fsp3) is 0.579. The second kappa shape index (κ2) is 7.95. The normalized spacial score (nSPS) is 21.6. The molecular formula is C19H27N3O4. The Bertz CT molecular complexity index is 665.